The van der Waals surface area contributed by atoms with Crippen molar-refractivity contribution in [3.05, 3.63) is 60.3 Å². The van der Waals surface area contributed by atoms with Crippen LogP contribution >= 0.6 is 0 Å². The van der Waals surface area contributed by atoms with Gasteiger partial charge in [-0.15, -0.1) is 0 Å². The molecule has 1 saturated carbocycles. The van der Waals surface area contributed by atoms with Gasteiger partial charge in [-0.3, -0.25) is 9.80 Å². The summed E-state index contributed by atoms with van der Waals surface area (Å²) in [4.78, 5) is 46.1. The van der Waals surface area contributed by atoms with Crippen LogP contribution in [0, 0.1) is 5.92 Å². The Kier molecular flexibility index (Phi) is 7.33. The van der Waals surface area contributed by atoms with Gasteiger partial charge in [0.2, 0.25) is 0 Å². The second-order valence-electron chi connectivity index (χ2n) is 14.0. The van der Waals surface area contributed by atoms with Gasteiger partial charge in [0, 0.05) is 12.6 Å². The number of benzene rings is 2. The van der Waals surface area contributed by atoms with E-state index in [0.717, 1.165) is 77.2 Å². The first-order chi connectivity index (χ1) is 21.5. The average Bonchev–Trinajstić information content (AvgIpc) is 3.82. The van der Waals surface area contributed by atoms with Gasteiger partial charge < -0.3 is 19.4 Å². The number of ether oxygens (including phenoxy) is 2. The standard InChI is InChI=1S/C35H42N6O4/c1-20(2)44-33(42)40-16-6-7-29(40)31-37-26-15-13-23(18-27(26)38-31)21-8-10-22(11-9-21)28-19-36-32(39-28)30-24-12-14-25(17-24)41(30)34(43)45-35(3,4)5/h8-11,13,15,18-20,24-25,29-30H,6-7,12,14,16-17H2,1-5H3,(H,36,39)(H,37,38)/t24-,25+,29-,30-/m0/s1. The molecule has 2 bridgehead atoms. The Morgan fingerprint density at radius 3 is 2.44 bits per heavy atom. The predicted molar refractivity (Wildman–Crippen MR) is 171 cm³/mol. The second kappa shape index (κ2) is 11.2. The second-order valence-corrected chi connectivity index (χ2v) is 14.0. The van der Waals surface area contributed by atoms with Crippen molar-refractivity contribution < 1.29 is 19.1 Å². The van der Waals surface area contributed by atoms with Crippen molar-refractivity contribution >= 4 is 23.2 Å². The summed E-state index contributed by atoms with van der Waals surface area (Å²) in [5, 5.41) is 0. The van der Waals surface area contributed by atoms with Crippen molar-refractivity contribution in [1.82, 2.24) is 29.7 Å². The van der Waals surface area contributed by atoms with E-state index in [-0.39, 0.29) is 36.4 Å². The number of aromatic amines is 2. The molecule has 0 radical (unpaired) electrons. The van der Waals surface area contributed by atoms with Gasteiger partial charge >= 0.3 is 12.2 Å². The normalized spacial score (nSPS) is 23.0. The van der Waals surface area contributed by atoms with Gasteiger partial charge in [-0.1, -0.05) is 30.3 Å². The molecule has 1 aliphatic carbocycles. The molecule has 2 amide bonds. The fourth-order valence-corrected chi connectivity index (χ4v) is 7.30. The predicted octanol–water partition coefficient (Wildman–Crippen LogP) is 7.76. The topological polar surface area (TPSA) is 116 Å². The Balaban J connectivity index is 1.08. The number of carbonyl (C=O) groups excluding carboxylic acids is 2. The number of hydrogen-bond donors (Lipinski definition) is 2. The quantitative estimate of drug-likeness (QED) is 0.239. The highest BCUT2D eigenvalue weighted by atomic mass is 16.6. The lowest BCUT2D eigenvalue weighted by Gasteiger charge is -2.35. The Morgan fingerprint density at radius 1 is 0.933 bits per heavy atom. The number of aromatic nitrogens is 4. The Hall–Kier alpha value is -4.34. The number of piperidine rings is 1. The Morgan fingerprint density at radius 2 is 1.69 bits per heavy atom. The van der Waals surface area contributed by atoms with Crippen molar-refractivity contribution in [3.63, 3.8) is 0 Å². The minimum Gasteiger partial charge on any atom is -0.447 e. The third-order valence-corrected chi connectivity index (χ3v) is 9.23. The molecule has 4 heterocycles. The van der Waals surface area contributed by atoms with Crippen LogP contribution in [0.15, 0.2) is 48.7 Å². The van der Waals surface area contributed by atoms with E-state index in [2.05, 4.69) is 46.4 Å². The maximum absolute atomic E-state index is 13.1. The zero-order chi connectivity index (χ0) is 31.5. The van der Waals surface area contributed by atoms with Crippen LogP contribution in [0.3, 0.4) is 0 Å². The number of likely N-dealkylation sites (tertiary alicyclic amines) is 2. The van der Waals surface area contributed by atoms with Crippen LogP contribution in [0.4, 0.5) is 9.59 Å². The third kappa shape index (κ3) is 5.66. The van der Waals surface area contributed by atoms with Gasteiger partial charge in [0.15, 0.2) is 0 Å². The number of rotatable bonds is 5. The van der Waals surface area contributed by atoms with Crippen LogP contribution in [-0.4, -0.2) is 66.2 Å². The molecule has 3 aliphatic rings. The smallest absolute Gasteiger partial charge is 0.411 e. The summed E-state index contributed by atoms with van der Waals surface area (Å²) in [7, 11) is 0. The lowest BCUT2D eigenvalue weighted by atomic mass is 9.98. The number of H-pyrrole nitrogens is 2. The zero-order valence-electron chi connectivity index (χ0n) is 26.7. The van der Waals surface area contributed by atoms with E-state index in [1.807, 2.05) is 51.8 Å². The van der Waals surface area contributed by atoms with Crippen molar-refractivity contribution in [2.45, 2.75) is 96.6 Å². The lowest BCUT2D eigenvalue weighted by Crippen LogP contribution is -2.43. The largest absolute Gasteiger partial charge is 0.447 e. The summed E-state index contributed by atoms with van der Waals surface area (Å²) >= 11 is 0. The van der Waals surface area contributed by atoms with Crippen molar-refractivity contribution in [2.75, 3.05) is 6.54 Å². The summed E-state index contributed by atoms with van der Waals surface area (Å²) in [6.45, 7) is 10.1. The van der Waals surface area contributed by atoms with Crippen LogP contribution in [0.1, 0.15) is 90.5 Å². The Labute approximate surface area is 263 Å². The van der Waals surface area contributed by atoms with Crippen molar-refractivity contribution in [1.29, 1.82) is 0 Å². The molecule has 3 fully saturated rings. The van der Waals surface area contributed by atoms with Crippen LogP contribution in [0.2, 0.25) is 0 Å². The van der Waals surface area contributed by atoms with E-state index in [9.17, 15) is 9.59 Å². The monoisotopic (exact) mass is 610 g/mol. The minimum absolute atomic E-state index is 0.0881. The first-order valence-electron chi connectivity index (χ1n) is 16.2. The van der Waals surface area contributed by atoms with Gasteiger partial charge in [0.25, 0.3) is 0 Å². The summed E-state index contributed by atoms with van der Waals surface area (Å²) in [5.74, 6) is 2.02. The SMILES string of the molecule is CC(C)OC(=O)N1CCC[C@H]1c1nc2ccc(-c3ccc(-c4cnc([C@@H]5[C@H]6CC[C@H](C6)N5C(=O)OC(C)(C)C)[nH]4)cc3)cc2[nH]1. The molecule has 2 aromatic carbocycles. The van der Waals surface area contributed by atoms with Gasteiger partial charge in [-0.05, 0) is 101 Å². The summed E-state index contributed by atoms with van der Waals surface area (Å²) < 4.78 is 11.2. The van der Waals surface area contributed by atoms with Gasteiger partial charge in [-0.25, -0.2) is 19.6 Å². The molecular weight excluding hydrogens is 568 g/mol. The van der Waals surface area contributed by atoms with E-state index in [4.69, 9.17) is 19.4 Å². The number of nitrogens with zero attached hydrogens (tertiary/aromatic N) is 4. The molecule has 2 N–H and O–H groups in total. The van der Waals surface area contributed by atoms with Crippen molar-refractivity contribution in [2.24, 2.45) is 5.92 Å². The average molecular weight is 611 g/mol. The molecule has 2 aromatic heterocycles. The molecule has 45 heavy (non-hydrogen) atoms. The maximum atomic E-state index is 13.1. The molecule has 0 spiro atoms. The Bertz CT molecular complexity index is 1720. The third-order valence-electron chi connectivity index (χ3n) is 9.23. The van der Waals surface area contributed by atoms with Gasteiger partial charge in [0.05, 0.1) is 41.1 Å². The van der Waals surface area contributed by atoms with Crippen molar-refractivity contribution in [3.8, 4) is 22.4 Å². The maximum Gasteiger partial charge on any atom is 0.411 e. The lowest BCUT2D eigenvalue weighted by molar-refractivity contribution is 0.00619. The van der Waals surface area contributed by atoms with Crippen LogP contribution in [0.25, 0.3) is 33.4 Å². The molecule has 2 saturated heterocycles. The number of amides is 2. The molecule has 4 aromatic rings. The molecule has 7 rings (SSSR count). The number of carbonyl (C=O) groups is 2. The number of fused-ring (bicyclic) bond motifs is 3. The number of hydrogen-bond acceptors (Lipinski definition) is 6. The van der Waals surface area contributed by atoms with Crippen LogP contribution in [-0.2, 0) is 9.47 Å². The number of nitrogens with one attached hydrogen (secondary N) is 2. The molecule has 10 nitrogen and oxygen atoms in total. The van der Waals surface area contributed by atoms with Crippen LogP contribution in [0.5, 0.6) is 0 Å². The van der Waals surface area contributed by atoms with Crippen LogP contribution < -0.4 is 0 Å². The molecule has 0 unspecified atom stereocenters. The highest BCUT2D eigenvalue weighted by Crippen LogP contribution is 2.50. The van der Waals surface area contributed by atoms with E-state index in [1.54, 1.807) is 4.90 Å². The summed E-state index contributed by atoms with van der Waals surface area (Å²) in [6.07, 6.45) is 6.08. The number of imidazole rings is 2. The summed E-state index contributed by atoms with van der Waals surface area (Å²) in [5.41, 5.74) is 5.40. The molecule has 236 valence electrons. The first kappa shape index (κ1) is 29.4. The molecule has 4 atom stereocenters. The fourth-order valence-electron chi connectivity index (χ4n) is 7.30. The molecule has 2 aliphatic heterocycles. The summed E-state index contributed by atoms with van der Waals surface area (Å²) in [6, 6.07) is 14.6. The van der Waals surface area contributed by atoms with Gasteiger partial charge in [-0.2, -0.15) is 0 Å². The van der Waals surface area contributed by atoms with E-state index in [0.29, 0.717) is 12.5 Å². The zero-order valence-corrected chi connectivity index (χ0v) is 26.7. The minimum atomic E-state index is -0.538. The first-order valence-corrected chi connectivity index (χ1v) is 16.2. The molecule has 10 heteroatoms. The highest BCUT2D eigenvalue weighted by molar-refractivity contribution is 5.83. The molecular formula is C35H42N6O4. The fraction of sp³-hybridized carbons (Fsp3) is 0.486. The highest BCUT2D eigenvalue weighted by Gasteiger charge is 2.51. The van der Waals surface area contributed by atoms with E-state index in [1.165, 1.54) is 0 Å². The van der Waals surface area contributed by atoms with Gasteiger partial charge in [0.1, 0.15) is 17.2 Å². The van der Waals surface area contributed by atoms with E-state index < -0.39 is 5.60 Å². The van der Waals surface area contributed by atoms with E-state index >= 15 is 0 Å².